The fourth-order valence-electron chi connectivity index (χ4n) is 4.90. The van der Waals surface area contributed by atoms with E-state index in [2.05, 4.69) is 0 Å². The van der Waals surface area contributed by atoms with Gasteiger partial charge in [0.25, 0.3) is 0 Å². The van der Waals surface area contributed by atoms with Gasteiger partial charge in [0, 0.05) is 11.6 Å². The molecule has 0 radical (unpaired) electrons. The fraction of sp³-hybridized carbons (Fsp3) is 0.269. The predicted molar refractivity (Wildman–Crippen MR) is 120 cm³/mol. The number of ether oxygens (including phenoxy) is 3. The van der Waals surface area contributed by atoms with Crippen LogP contribution in [0, 0.1) is 6.92 Å². The van der Waals surface area contributed by atoms with Crippen LogP contribution in [0.2, 0.25) is 0 Å². The number of benzene rings is 2. The Kier molecular flexibility index (Phi) is 4.62. The quantitative estimate of drug-likeness (QED) is 0.659. The number of hydrogen-bond acceptors (Lipinski definition) is 8. The zero-order chi connectivity index (χ0) is 24.5. The molecular weight excluding hydrogens is 440 g/mol. The molecule has 0 saturated heterocycles. The van der Waals surface area contributed by atoms with Crippen LogP contribution in [0.15, 0.2) is 47.4 Å². The molecule has 3 aliphatic rings. The van der Waals surface area contributed by atoms with Crippen molar-refractivity contribution in [2.75, 3.05) is 7.11 Å². The zero-order valence-electron chi connectivity index (χ0n) is 19.0. The SMILES string of the molecule is COc1cccc(C2CC(=O)c3c(c(C)c(O)c4c3OC3=CC(O)=C(C(C)=O)C(=O)[C@]34C)O2)c1. The summed E-state index contributed by atoms with van der Waals surface area (Å²) in [5, 5.41) is 21.5. The molecule has 1 aliphatic carbocycles. The smallest absolute Gasteiger partial charge is 0.188 e. The highest BCUT2D eigenvalue weighted by Crippen LogP contribution is 2.59. The Bertz CT molecular complexity index is 1380. The molecular formula is C26H22O8. The third-order valence-electron chi connectivity index (χ3n) is 6.75. The molecule has 2 heterocycles. The lowest BCUT2D eigenvalue weighted by atomic mass is 9.70. The largest absolute Gasteiger partial charge is 0.507 e. The number of aromatic hydroxyl groups is 1. The Morgan fingerprint density at radius 1 is 1.21 bits per heavy atom. The van der Waals surface area contributed by atoms with Gasteiger partial charge in [-0.25, -0.2) is 0 Å². The van der Waals surface area contributed by atoms with Crippen LogP contribution >= 0.6 is 0 Å². The molecule has 0 amide bonds. The van der Waals surface area contributed by atoms with Crippen LogP contribution in [-0.4, -0.2) is 34.7 Å². The third-order valence-corrected chi connectivity index (χ3v) is 6.75. The molecule has 174 valence electrons. The van der Waals surface area contributed by atoms with E-state index in [9.17, 15) is 24.6 Å². The van der Waals surface area contributed by atoms with E-state index in [-0.39, 0.29) is 57.5 Å². The molecule has 0 saturated carbocycles. The average Bonchev–Trinajstić information content (AvgIpc) is 3.10. The molecule has 0 bridgehead atoms. The summed E-state index contributed by atoms with van der Waals surface area (Å²) in [6, 6.07) is 7.18. The van der Waals surface area contributed by atoms with Gasteiger partial charge in [-0.15, -0.1) is 0 Å². The summed E-state index contributed by atoms with van der Waals surface area (Å²) in [5.74, 6) is -1.56. The highest BCUT2D eigenvalue weighted by Gasteiger charge is 2.56. The van der Waals surface area contributed by atoms with E-state index >= 15 is 0 Å². The van der Waals surface area contributed by atoms with Crippen LogP contribution in [-0.2, 0) is 15.0 Å². The Hall–Kier alpha value is -4.07. The first-order valence-electron chi connectivity index (χ1n) is 10.7. The summed E-state index contributed by atoms with van der Waals surface area (Å²) >= 11 is 0. The topological polar surface area (TPSA) is 119 Å². The van der Waals surface area contributed by atoms with E-state index in [0.717, 1.165) is 5.56 Å². The van der Waals surface area contributed by atoms with Crippen molar-refractivity contribution in [1.29, 1.82) is 0 Å². The summed E-state index contributed by atoms with van der Waals surface area (Å²) < 4.78 is 17.4. The van der Waals surface area contributed by atoms with Gasteiger partial charge in [-0.3, -0.25) is 14.4 Å². The molecule has 2 aliphatic heterocycles. The number of ketones is 3. The minimum absolute atomic E-state index is 0.00604. The number of allylic oxidation sites excluding steroid dienone is 3. The zero-order valence-corrected chi connectivity index (χ0v) is 19.0. The van der Waals surface area contributed by atoms with Crippen LogP contribution in [0.1, 0.15) is 53.4 Å². The van der Waals surface area contributed by atoms with E-state index in [4.69, 9.17) is 14.2 Å². The van der Waals surface area contributed by atoms with Crippen LogP contribution in [0.4, 0.5) is 0 Å². The first-order chi connectivity index (χ1) is 16.1. The molecule has 34 heavy (non-hydrogen) atoms. The number of aliphatic hydroxyl groups excluding tert-OH is 1. The molecule has 2 atom stereocenters. The fourth-order valence-corrected chi connectivity index (χ4v) is 4.90. The Morgan fingerprint density at radius 2 is 1.94 bits per heavy atom. The summed E-state index contributed by atoms with van der Waals surface area (Å²) in [4.78, 5) is 38.8. The van der Waals surface area contributed by atoms with Gasteiger partial charge in [0.2, 0.25) is 0 Å². The van der Waals surface area contributed by atoms with Gasteiger partial charge in [-0.05, 0) is 38.5 Å². The number of phenols is 1. The molecule has 5 rings (SSSR count). The monoisotopic (exact) mass is 462 g/mol. The van der Waals surface area contributed by atoms with Crippen LogP contribution in [0.3, 0.4) is 0 Å². The molecule has 2 aromatic rings. The third kappa shape index (κ3) is 2.74. The maximum absolute atomic E-state index is 13.4. The van der Waals surface area contributed by atoms with Gasteiger partial charge in [0.1, 0.15) is 57.2 Å². The highest BCUT2D eigenvalue weighted by molar-refractivity contribution is 6.26. The summed E-state index contributed by atoms with van der Waals surface area (Å²) in [6.45, 7) is 4.27. The normalized spacial score (nSPS) is 22.8. The maximum atomic E-state index is 13.4. The Morgan fingerprint density at radius 3 is 2.62 bits per heavy atom. The number of Topliss-reactive ketones (excluding diaryl/α,β-unsaturated/α-hetero) is 3. The second-order valence-electron chi connectivity index (χ2n) is 8.77. The van der Waals surface area contributed by atoms with Crippen LogP contribution in [0.25, 0.3) is 0 Å². The lowest BCUT2D eigenvalue weighted by Gasteiger charge is -2.30. The Balaban J connectivity index is 1.67. The number of aliphatic hydroxyl groups is 1. The molecule has 0 fully saturated rings. The highest BCUT2D eigenvalue weighted by atomic mass is 16.5. The minimum Gasteiger partial charge on any atom is -0.507 e. The van der Waals surface area contributed by atoms with E-state index in [1.165, 1.54) is 19.9 Å². The number of hydrogen-bond donors (Lipinski definition) is 2. The van der Waals surface area contributed by atoms with Crippen molar-refractivity contribution in [2.45, 2.75) is 38.7 Å². The lowest BCUT2D eigenvalue weighted by Crippen LogP contribution is -2.38. The van der Waals surface area contributed by atoms with Gasteiger partial charge in [-0.1, -0.05) is 12.1 Å². The number of carbonyl (C=O) groups excluding carboxylic acids is 3. The van der Waals surface area contributed by atoms with Gasteiger partial charge < -0.3 is 24.4 Å². The van der Waals surface area contributed by atoms with E-state index in [0.29, 0.717) is 5.75 Å². The average molecular weight is 462 g/mol. The molecule has 8 nitrogen and oxygen atoms in total. The minimum atomic E-state index is -1.57. The van der Waals surface area contributed by atoms with Crippen LogP contribution in [0.5, 0.6) is 23.0 Å². The van der Waals surface area contributed by atoms with Crippen molar-refractivity contribution >= 4 is 17.3 Å². The first-order valence-corrected chi connectivity index (χ1v) is 10.7. The standard InChI is InChI=1S/C26H22O8/c1-11-22(30)21-24(34-18-10-16(29)19(12(2)27)25(31)26(18,21)3)20-15(28)9-17(33-23(11)20)13-6-5-7-14(8-13)32-4/h5-8,10,17,29-30H,9H2,1-4H3/t17?,26-/m1/s1. The van der Waals surface area contributed by atoms with Crippen molar-refractivity contribution in [3.63, 3.8) is 0 Å². The summed E-state index contributed by atoms with van der Waals surface area (Å²) in [5.41, 5.74) is -0.732. The van der Waals surface area contributed by atoms with E-state index in [1.807, 2.05) is 6.07 Å². The maximum Gasteiger partial charge on any atom is 0.188 e. The van der Waals surface area contributed by atoms with Gasteiger partial charge in [0.15, 0.2) is 17.3 Å². The van der Waals surface area contributed by atoms with Crippen molar-refractivity contribution in [2.24, 2.45) is 0 Å². The Labute approximate surface area is 195 Å². The number of methoxy groups -OCH3 is 1. The number of rotatable bonds is 3. The van der Waals surface area contributed by atoms with Gasteiger partial charge in [0.05, 0.1) is 19.1 Å². The van der Waals surface area contributed by atoms with Gasteiger partial charge >= 0.3 is 0 Å². The molecule has 0 aromatic heterocycles. The van der Waals surface area contributed by atoms with Gasteiger partial charge in [-0.2, -0.15) is 0 Å². The molecule has 2 N–H and O–H groups in total. The lowest BCUT2D eigenvalue weighted by molar-refractivity contribution is -0.123. The number of carbonyl (C=O) groups is 3. The second kappa shape index (κ2) is 7.21. The summed E-state index contributed by atoms with van der Waals surface area (Å²) in [7, 11) is 1.55. The molecule has 8 heteroatoms. The first kappa shape index (κ1) is 21.8. The van der Waals surface area contributed by atoms with E-state index in [1.54, 1.807) is 32.2 Å². The molecule has 1 unspecified atom stereocenters. The van der Waals surface area contributed by atoms with Crippen molar-refractivity contribution in [3.8, 4) is 23.0 Å². The predicted octanol–water partition coefficient (Wildman–Crippen LogP) is 3.93. The van der Waals surface area contributed by atoms with Crippen molar-refractivity contribution < 1.29 is 38.8 Å². The molecule has 0 spiro atoms. The summed E-state index contributed by atoms with van der Waals surface area (Å²) in [6.07, 6.45) is 0.583. The van der Waals surface area contributed by atoms with E-state index < -0.39 is 28.8 Å². The van der Waals surface area contributed by atoms with Crippen molar-refractivity contribution in [3.05, 3.63) is 69.7 Å². The van der Waals surface area contributed by atoms with Crippen molar-refractivity contribution in [1.82, 2.24) is 0 Å². The number of fused-ring (bicyclic) bond motifs is 5. The number of phenolic OH excluding ortho intramolecular Hbond substituents is 1. The molecule has 2 aromatic carbocycles. The second-order valence-corrected chi connectivity index (χ2v) is 8.77. The van der Waals surface area contributed by atoms with Crippen LogP contribution < -0.4 is 14.2 Å².